The minimum atomic E-state index is -0.753. The van der Waals surface area contributed by atoms with E-state index in [4.69, 9.17) is 14.3 Å². The summed E-state index contributed by atoms with van der Waals surface area (Å²) < 4.78 is 11.4. The number of rotatable bonds is 6. The molecule has 0 aliphatic carbocycles. The molecule has 2 heterocycles. The molecule has 27 heavy (non-hydrogen) atoms. The number of hydrogen-bond acceptors (Lipinski definition) is 6. The van der Waals surface area contributed by atoms with E-state index in [1.54, 1.807) is 30.3 Å². The maximum atomic E-state index is 12.5. The second kappa shape index (κ2) is 7.92. The lowest BCUT2D eigenvalue weighted by Crippen LogP contribution is -2.43. The third-order valence-corrected chi connectivity index (χ3v) is 4.69. The van der Waals surface area contributed by atoms with Crippen LogP contribution in [0.25, 0.3) is 0 Å². The van der Waals surface area contributed by atoms with E-state index >= 15 is 0 Å². The van der Waals surface area contributed by atoms with Crippen molar-refractivity contribution in [3.8, 4) is 5.75 Å². The van der Waals surface area contributed by atoms with Crippen LogP contribution in [0.3, 0.4) is 0 Å². The van der Waals surface area contributed by atoms with Crippen LogP contribution in [0.5, 0.6) is 5.75 Å². The van der Waals surface area contributed by atoms with Crippen molar-refractivity contribution in [1.82, 2.24) is 10.8 Å². The first-order valence-corrected chi connectivity index (χ1v) is 9.10. The third-order valence-electron chi connectivity index (χ3n) is 4.69. The monoisotopic (exact) mass is 366 g/mol. The van der Waals surface area contributed by atoms with E-state index in [2.05, 4.69) is 10.8 Å². The van der Waals surface area contributed by atoms with Gasteiger partial charge in [-0.2, -0.15) is 0 Å². The molecule has 4 rings (SSSR count). The van der Waals surface area contributed by atoms with Gasteiger partial charge in [-0.3, -0.25) is 5.32 Å². The fourth-order valence-electron chi connectivity index (χ4n) is 3.23. The van der Waals surface area contributed by atoms with Gasteiger partial charge >= 0.3 is 5.97 Å². The minimum absolute atomic E-state index is 0.0149. The zero-order chi connectivity index (χ0) is 18.5. The van der Waals surface area contributed by atoms with Crippen LogP contribution in [0.1, 0.15) is 18.4 Å². The normalized spacial score (nSPS) is 24.3. The molecule has 140 valence electrons. The summed E-state index contributed by atoms with van der Waals surface area (Å²) in [6.45, 7) is 1.29. The van der Waals surface area contributed by atoms with E-state index < -0.39 is 11.5 Å². The summed E-state index contributed by atoms with van der Waals surface area (Å²) in [6.07, 6.45) is 3.82. The number of benzene rings is 2. The lowest BCUT2D eigenvalue weighted by molar-refractivity contribution is -0.135. The van der Waals surface area contributed by atoms with Crippen molar-refractivity contribution in [3.05, 3.63) is 78.1 Å². The van der Waals surface area contributed by atoms with Crippen LogP contribution >= 0.6 is 0 Å². The van der Waals surface area contributed by atoms with Gasteiger partial charge in [0.05, 0.1) is 6.61 Å². The van der Waals surface area contributed by atoms with Crippen LogP contribution in [-0.4, -0.2) is 25.3 Å². The van der Waals surface area contributed by atoms with Crippen molar-refractivity contribution in [2.24, 2.45) is 0 Å². The lowest BCUT2D eigenvalue weighted by Gasteiger charge is -2.28. The first-order valence-electron chi connectivity index (χ1n) is 9.10. The summed E-state index contributed by atoms with van der Waals surface area (Å²) in [6, 6.07) is 18.7. The molecule has 1 unspecified atom stereocenters. The van der Waals surface area contributed by atoms with Crippen LogP contribution in [-0.2, 0) is 19.9 Å². The summed E-state index contributed by atoms with van der Waals surface area (Å²) in [7, 11) is 0. The summed E-state index contributed by atoms with van der Waals surface area (Å²) in [5.74, 6) is 0.0341. The highest BCUT2D eigenvalue weighted by Gasteiger charge is 2.40. The average Bonchev–Trinajstić information content (AvgIpc) is 3.39. The van der Waals surface area contributed by atoms with E-state index in [0.29, 0.717) is 12.4 Å². The van der Waals surface area contributed by atoms with Crippen molar-refractivity contribution < 1.29 is 19.1 Å². The highest BCUT2D eigenvalue weighted by molar-refractivity contribution is 5.88. The molecule has 2 aromatic carbocycles. The van der Waals surface area contributed by atoms with Crippen LogP contribution in [0.2, 0.25) is 0 Å². The molecule has 1 saturated heterocycles. The minimum Gasteiger partial charge on any atom is -0.421 e. The SMILES string of the molecule is O=C(Oc1ccccc1)C1=C[C@@](COC2CCCN2)(c2ccccc2)NO1. The summed E-state index contributed by atoms with van der Waals surface area (Å²) >= 11 is 0. The zero-order valence-corrected chi connectivity index (χ0v) is 14.9. The number of carbonyl (C=O) groups excluding carboxylic acids is 1. The molecular weight excluding hydrogens is 344 g/mol. The molecule has 6 nitrogen and oxygen atoms in total. The predicted octanol–water partition coefficient (Wildman–Crippen LogP) is 2.63. The van der Waals surface area contributed by atoms with E-state index in [-0.39, 0.29) is 12.0 Å². The second-order valence-corrected chi connectivity index (χ2v) is 6.65. The topological polar surface area (TPSA) is 68.8 Å². The molecule has 2 aliphatic rings. The Morgan fingerprint density at radius 2 is 1.85 bits per heavy atom. The molecule has 2 N–H and O–H groups in total. The summed E-state index contributed by atoms with van der Waals surface area (Å²) in [5, 5.41) is 3.31. The largest absolute Gasteiger partial charge is 0.421 e. The summed E-state index contributed by atoms with van der Waals surface area (Å²) in [5.41, 5.74) is 3.18. The van der Waals surface area contributed by atoms with Crippen LogP contribution in [0.15, 0.2) is 72.5 Å². The van der Waals surface area contributed by atoms with Crippen LogP contribution in [0, 0.1) is 0 Å². The second-order valence-electron chi connectivity index (χ2n) is 6.65. The highest BCUT2D eigenvalue weighted by atomic mass is 16.7. The average molecular weight is 366 g/mol. The fraction of sp³-hybridized carbons (Fsp3) is 0.286. The smallest absolute Gasteiger partial charge is 0.381 e. The van der Waals surface area contributed by atoms with Gasteiger partial charge in [-0.25, -0.2) is 4.79 Å². The molecule has 0 bridgehead atoms. The molecule has 0 aromatic heterocycles. The van der Waals surface area contributed by atoms with E-state index in [1.165, 1.54) is 0 Å². The van der Waals surface area contributed by atoms with Crippen LogP contribution in [0.4, 0.5) is 0 Å². The molecule has 1 fully saturated rings. The van der Waals surface area contributed by atoms with Crippen molar-refractivity contribution in [1.29, 1.82) is 0 Å². The molecule has 0 amide bonds. The third kappa shape index (κ3) is 4.03. The Hall–Kier alpha value is -2.67. The maximum absolute atomic E-state index is 12.5. The van der Waals surface area contributed by atoms with E-state index in [9.17, 15) is 4.79 Å². The Balaban J connectivity index is 1.54. The number of carbonyl (C=O) groups is 1. The van der Waals surface area contributed by atoms with Crippen molar-refractivity contribution >= 4 is 5.97 Å². The molecule has 6 heteroatoms. The standard InChI is InChI=1S/C21H22N2O4/c24-20(26-17-10-5-2-6-11-17)18-14-21(23-27-18,16-8-3-1-4-9-16)15-25-19-12-7-13-22-19/h1-6,8-11,14,19,22-23H,7,12-13,15H2/t19?,21-/m1/s1. The van der Waals surface area contributed by atoms with Crippen molar-refractivity contribution in [2.45, 2.75) is 24.6 Å². The molecule has 2 aliphatic heterocycles. The maximum Gasteiger partial charge on any atom is 0.381 e. The number of esters is 1. The van der Waals surface area contributed by atoms with Crippen LogP contribution < -0.4 is 15.5 Å². The molecular formula is C21H22N2O4. The number of ether oxygens (including phenoxy) is 2. The number of hydroxylamine groups is 1. The highest BCUT2D eigenvalue weighted by Crippen LogP contribution is 2.31. The van der Waals surface area contributed by atoms with Crippen molar-refractivity contribution in [2.75, 3.05) is 13.2 Å². The molecule has 2 aromatic rings. The van der Waals surface area contributed by atoms with Gasteiger partial charge in [0, 0.05) is 0 Å². The Morgan fingerprint density at radius 1 is 1.11 bits per heavy atom. The Kier molecular flexibility index (Phi) is 5.20. The van der Waals surface area contributed by atoms with E-state index in [0.717, 1.165) is 24.9 Å². The molecule has 0 radical (unpaired) electrons. The molecule has 2 atom stereocenters. The van der Waals surface area contributed by atoms with Gasteiger partial charge in [0.1, 0.15) is 17.5 Å². The Labute approximate surface area is 158 Å². The quantitative estimate of drug-likeness (QED) is 0.605. The first-order chi connectivity index (χ1) is 13.3. The van der Waals surface area contributed by atoms with Gasteiger partial charge in [-0.15, -0.1) is 5.48 Å². The van der Waals surface area contributed by atoms with Gasteiger partial charge in [-0.05, 0) is 43.2 Å². The van der Waals surface area contributed by atoms with Gasteiger partial charge in [-0.1, -0.05) is 48.5 Å². The summed E-state index contributed by atoms with van der Waals surface area (Å²) in [4.78, 5) is 18.0. The fourth-order valence-corrected chi connectivity index (χ4v) is 3.23. The van der Waals surface area contributed by atoms with Gasteiger partial charge in [0.25, 0.3) is 0 Å². The predicted molar refractivity (Wildman–Crippen MR) is 99.5 cm³/mol. The van der Waals surface area contributed by atoms with Gasteiger partial charge in [0.15, 0.2) is 0 Å². The Bertz CT molecular complexity index is 803. The number of hydrogen-bond donors (Lipinski definition) is 2. The number of para-hydroxylation sites is 1. The van der Waals surface area contributed by atoms with Gasteiger partial charge in [0.2, 0.25) is 5.76 Å². The molecule has 0 spiro atoms. The lowest BCUT2D eigenvalue weighted by atomic mass is 9.91. The van der Waals surface area contributed by atoms with Crippen molar-refractivity contribution in [3.63, 3.8) is 0 Å². The first kappa shape index (κ1) is 17.7. The van der Waals surface area contributed by atoms with Gasteiger partial charge < -0.3 is 14.3 Å². The van der Waals surface area contributed by atoms with E-state index in [1.807, 2.05) is 36.4 Å². The molecule has 0 saturated carbocycles. The zero-order valence-electron chi connectivity index (χ0n) is 14.9. The Morgan fingerprint density at radius 3 is 2.56 bits per heavy atom. The number of nitrogens with one attached hydrogen (secondary N) is 2.